The van der Waals surface area contributed by atoms with E-state index in [9.17, 15) is 0 Å². The van der Waals surface area contributed by atoms with Gasteiger partial charge in [-0.3, -0.25) is 4.90 Å². The van der Waals surface area contributed by atoms with Crippen molar-refractivity contribution in [3.63, 3.8) is 0 Å². The fraction of sp³-hybridized carbons (Fsp3) is 0.250. The van der Waals surface area contributed by atoms with Crippen LogP contribution in [0.5, 0.6) is 0 Å². The van der Waals surface area contributed by atoms with E-state index >= 15 is 0 Å². The van der Waals surface area contributed by atoms with Gasteiger partial charge in [-0.1, -0.05) is 46.3 Å². The van der Waals surface area contributed by atoms with E-state index in [1.54, 1.807) is 0 Å². The van der Waals surface area contributed by atoms with Gasteiger partial charge in [0.15, 0.2) is 0 Å². The Morgan fingerprint density at radius 1 is 0.875 bits per heavy atom. The molecule has 1 aliphatic heterocycles. The number of anilines is 1. The number of nitrogens with zero attached hydrogens (tertiary/aromatic N) is 3. The van der Waals surface area contributed by atoms with Crippen molar-refractivity contribution in [3.05, 3.63) is 70.7 Å². The number of hydrogen-bond donors (Lipinski definition) is 0. The first-order chi connectivity index (χ1) is 11.8. The van der Waals surface area contributed by atoms with Crippen LogP contribution in [-0.2, 0) is 6.54 Å². The Labute approximate surface area is 151 Å². The lowest BCUT2D eigenvalue weighted by Gasteiger charge is -2.35. The molecule has 1 fully saturated rings. The topological polar surface area (TPSA) is 19.4 Å². The summed E-state index contributed by atoms with van der Waals surface area (Å²) < 4.78 is 1.10. The summed E-state index contributed by atoms with van der Waals surface area (Å²) in [4.78, 5) is 9.75. The Hall–Kier alpha value is -1.91. The van der Waals surface area contributed by atoms with Crippen LogP contribution in [0.25, 0.3) is 10.9 Å². The molecule has 0 saturated carbocycles. The molecule has 0 bridgehead atoms. The fourth-order valence-electron chi connectivity index (χ4n) is 3.24. The van der Waals surface area contributed by atoms with Crippen LogP contribution in [0.1, 0.15) is 5.56 Å². The lowest BCUT2D eigenvalue weighted by atomic mass is 10.2. The van der Waals surface area contributed by atoms with Gasteiger partial charge in [0, 0.05) is 42.6 Å². The Morgan fingerprint density at radius 2 is 1.67 bits per heavy atom. The smallest absolute Gasteiger partial charge is 0.129 e. The van der Waals surface area contributed by atoms with E-state index in [0.29, 0.717) is 0 Å². The standard InChI is InChI=1S/C20H20BrN3/c21-18-7-8-19-17(14-18)6-9-20(22-19)24-12-10-23(11-13-24)15-16-4-2-1-3-5-16/h1-9,14H,10-13,15H2. The molecule has 0 spiro atoms. The van der Waals surface area contributed by atoms with E-state index in [2.05, 4.69) is 86.4 Å². The molecule has 0 aliphatic carbocycles. The Balaban J connectivity index is 1.43. The minimum atomic E-state index is 1.03. The van der Waals surface area contributed by atoms with Crippen molar-refractivity contribution in [2.45, 2.75) is 6.54 Å². The number of pyridine rings is 1. The van der Waals surface area contributed by atoms with Gasteiger partial charge in [-0.2, -0.15) is 0 Å². The van der Waals surface area contributed by atoms with Crippen LogP contribution in [0.2, 0.25) is 0 Å². The molecular weight excluding hydrogens is 362 g/mol. The van der Waals surface area contributed by atoms with E-state index in [-0.39, 0.29) is 0 Å². The summed E-state index contributed by atoms with van der Waals surface area (Å²) >= 11 is 3.52. The molecule has 3 aromatic rings. The Morgan fingerprint density at radius 3 is 2.46 bits per heavy atom. The number of hydrogen-bond acceptors (Lipinski definition) is 3. The summed E-state index contributed by atoms with van der Waals surface area (Å²) in [7, 11) is 0. The molecule has 0 N–H and O–H groups in total. The molecule has 3 nitrogen and oxygen atoms in total. The van der Waals surface area contributed by atoms with E-state index in [4.69, 9.17) is 4.98 Å². The van der Waals surface area contributed by atoms with Crippen molar-refractivity contribution in [3.8, 4) is 0 Å². The van der Waals surface area contributed by atoms with Crippen molar-refractivity contribution < 1.29 is 0 Å². The third-order valence-electron chi connectivity index (χ3n) is 4.58. The van der Waals surface area contributed by atoms with Crippen molar-refractivity contribution in [1.29, 1.82) is 0 Å². The second kappa shape index (κ2) is 6.91. The van der Waals surface area contributed by atoms with Gasteiger partial charge < -0.3 is 4.90 Å². The molecule has 0 amide bonds. The van der Waals surface area contributed by atoms with Gasteiger partial charge in [0.05, 0.1) is 5.52 Å². The first-order valence-corrected chi connectivity index (χ1v) is 9.15. The quantitative estimate of drug-likeness (QED) is 0.673. The molecule has 4 rings (SSSR count). The predicted molar refractivity (Wildman–Crippen MR) is 103 cm³/mol. The molecule has 0 atom stereocenters. The molecule has 2 aromatic carbocycles. The molecule has 1 aromatic heterocycles. The summed E-state index contributed by atoms with van der Waals surface area (Å²) in [6.45, 7) is 5.25. The molecule has 122 valence electrons. The number of aromatic nitrogens is 1. The van der Waals surface area contributed by atoms with Crippen molar-refractivity contribution >= 4 is 32.7 Å². The van der Waals surface area contributed by atoms with Gasteiger partial charge >= 0.3 is 0 Å². The van der Waals surface area contributed by atoms with Gasteiger partial charge in [0.25, 0.3) is 0 Å². The highest BCUT2D eigenvalue weighted by Gasteiger charge is 2.18. The van der Waals surface area contributed by atoms with Crippen LogP contribution >= 0.6 is 15.9 Å². The summed E-state index contributed by atoms with van der Waals surface area (Å²) in [6, 6.07) is 21.3. The van der Waals surface area contributed by atoms with E-state index in [0.717, 1.165) is 48.5 Å². The van der Waals surface area contributed by atoms with Gasteiger partial charge in [-0.25, -0.2) is 4.98 Å². The molecule has 1 aliphatic rings. The lowest BCUT2D eigenvalue weighted by molar-refractivity contribution is 0.249. The number of benzene rings is 2. The van der Waals surface area contributed by atoms with Crippen molar-refractivity contribution in [2.75, 3.05) is 31.1 Å². The summed E-state index contributed by atoms with van der Waals surface area (Å²) in [6.07, 6.45) is 0. The summed E-state index contributed by atoms with van der Waals surface area (Å²) in [5.41, 5.74) is 2.45. The first-order valence-electron chi connectivity index (χ1n) is 8.35. The maximum Gasteiger partial charge on any atom is 0.129 e. The minimum Gasteiger partial charge on any atom is -0.354 e. The largest absolute Gasteiger partial charge is 0.354 e. The fourth-order valence-corrected chi connectivity index (χ4v) is 3.62. The van der Waals surface area contributed by atoms with Crippen LogP contribution in [0.3, 0.4) is 0 Å². The molecule has 4 heteroatoms. The SMILES string of the molecule is Brc1ccc2nc(N3CCN(Cc4ccccc4)CC3)ccc2c1. The molecule has 0 radical (unpaired) electrons. The van der Waals surface area contributed by atoms with Gasteiger partial charge in [0.1, 0.15) is 5.82 Å². The van der Waals surface area contributed by atoms with Crippen LogP contribution in [0.4, 0.5) is 5.82 Å². The third-order valence-corrected chi connectivity index (χ3v) is 5.08. The first kappa shape index (κ1) is 15.6. The molecule has 1 saturated heterocycles. The van der Waals surface area contributed by atoms with Crippen LogP contribution in [-0.4, -0.2) is 36.1 Å². The number of fused-ring (bicyclic) bond motifs is 1. The van der Waals surface area contributed by atoms with Crippen LogP contribution in [0, 0.1) is 0 Å². The molecule has 0 unspecified atom stereocenters. The van der Waals surface area contributed by atoms with Gasteiger partial charge in [-0.05, 0) is 35.9 Å². The molecular formula is C20H20BrN3. The lowest BCUT2D eigenvalue weighted by Crippen LogP contribution is -2.46. The summed E-state index contributed by atoms with van der Waals surface area (Å²) in [5.74, 6) is 1.09. The zero-order valence-corrected chi connectivity index (χ0v) is 15.1. The maximum atomic E-state index is 4.84. The average molecular weight is 382 g/mol. The van der Waals surface area contributed by atoms with Crippen LogP contribution in [0.15, 0.2) is 65.1 Å². The second-order valence-electron chi connectivity index (χ2n) is 6.26. The molecule has 24 heavy (non-hydrogen) atoms. The van der Waals surface area contributed by atoms with E-state index < -0.39 is 0 Å². The number of piperazine rings is 1. The highest BCUT2D eigenvalue weighted by Crippen LogP contribution is 2.22. The minimum absolute atomic E-state index is 1.03. The van der Waals surface area contributed by atoms with E-state index in [1.807, 2.05) is 0 Å². The molecule has 2 heterocycles. The van der Waals surface area contributed by atoms with Gasteiger partial charge in [-0.15, -0.1) is 0 Å². The third kappa shape index (κ3) is 3.45. The van der Waals surface area contributed by atoms with Crippen LogP contribution < -0.4 is 4.90 Å². The average Bonchev–Trinajstić information content (AvgIpc) is 2.63. The number of rotatable bonds is 3. The maximum absolute atomic E-state index is 4.84. The normalized spacial score (nSPS) is 15.8. The van der Waals surface area contributed by atoms with Crippen molar-refractivity contribution in [1.82, 2.24) is 9.88 Å². The Bertz CT molecular complexity index is 827. The Kier molecular flexibility index (Phi) is 4.50. The zero-order valence-electron chi connectivity index (χ0n) is 13.5. The zero-order chi connectivity index (χ0) is 16.4. The monoisotopic (exact) mass is 381 g/mol. The van der Waals surface area contributed by atoms with E-state index in [1.165, 1.54) is 10.9 Å². The number of halogens is 1. The summed E-state index contributed by atoms with van der Waals surface area (Å²) in [5, 5.41) is 1.18. The predicted octanol–water partition coefficient (Wildman–Crippen LogP) is 4.32. The van der Waals surface area contributed by atoms with Crippen molar-refractivity contribution in [2.24, 2.45) is 0 Å². The second-order valence-corrected chi connectivity index (χ2v) is 7.17. The highest BCUT2D eigenvalue weighted by molar-refractivity contribution is 9.10. The van der Waals surface area contributed by atoms with Gasteiger partial charge in [0.2, 0.25) is 0 Å². The highest BCUT2D eigenvalue weighted by atomic mass is 79.9.